The molecule has 0 unspecified atom stereocenters. The molecule has 0 bridgehead atoms. The Morgan fingerprint density at radius 3 is 2.48 bits per heavy atom. The fourth-order valence-corrected chi connectivity index (χ4v) is 2.73. The van der Waals surface area contributed by atoms with Crippen molar-refractivity contribution in [3.05, 3.63) is 35.4 Å². The van der Waals surface area contributed by atoms with Crippen molar-refractivity contribution in [2.75, 3.05) is 19.6 Å². The van der Waals surface area contributed by atoms with Gasteiger partial charge in [0, 0.05) is 31.7 Å². The van der Waals surface area contributed by atoms with Crippen LogP contribution in [0.25, 0.3) is 0 Å². The number of carboxylic acids is 1. The molecule has 126 valence electrons. The van der Waals surface area contributed by atoms with Gasteiger partial charge in [0.2, 0.25) is 0 Å². The molecule has 2 N–H and O–H groups in total. The highest BCUT2D eigenvalue weighted by Gasteiger charge is 2.32. The number of nitrogens with one attached hydrogen (secondary N) is 1. The average Bonchev–Trinajstić information content (AvgIpc) is 2.50. The minimum Gasteiger partial charge on any atom is -0.481 e. The fourth-order valence-electron chi connectivity index (χ4n) is 2.73. The Balaban J connectivity index is 1.71. The molecule has 0 aliphatic carbocycles. The van der Waals surface area contributed by atoms with E-state index < -0.39 is 5.97 Å². The van der Waals surface area contributed by atoms with Crippen LogP contribution >= 0.6 is 0 Å². The molecule has 0 radical (unpaired) electrons. The molecule has 0 atom stereocenters. The monoisotopic (exact) mass is 318 g/mol. The standard InChI is InChI=1S/C18H26N2O3/c1-2-3-4-5-10-19-17(21)15-8-6-14(7-9-15)11-20-12-16(13-20)18(22)23/h6-9,16H,2-5,10-13H2,1H3,(H,19,21)(H,22,23). The maximum Gasteiger partial charge on any atom is 0.309 e. The first-order valence-electron chi connectivity index (χ1n) is 8.42. The zero-order valence-corrected chi connectivity index (χ0v) is 13.8. The van der Waals surface area contributed by atoms with Crippen LogP contribution in [0.4, 0.5) is 0 Å². The Hall–Kier alpha value is -1.88. The normalized spacial score (nSPS) is 15.2. The van der Waals surface area contributed by atoms with Gasteiger partial charge in [-0.25, -0.2) is 0 Å². The summed E-state index contributed by atoms with van der Waals surface area (Å²) in [5, 5.41) is 11.8. The largest absolute Gasteiger partial charge is 0.481 e. The summed E-state index contributed by atoms with van der Waals surface area (Å²) in [4.78, 5) is 24.9. The second-order valence-electron chi connectivity index (χ2n) is 6.24. The van der Waals surface area contributed by atoms with Gasteiger partial charge in [-0.05, 0) is 24.1 Å². The molecule has 5 heteroatoms. The molecule has 23 heavy (non-hydrogen) atoms. The fraction of sp³-hybridized carbons (Fsp3) is 0.556. The van der Waals surface area contributed by atoms with Crippen molar-refractivity contribution in [3.8, 4) is 0 Å². The molecule has 5 nitrogen and oxygen atoms in total. The highest BCUT2D eigenvalue weighted by atomic mass is 16.4. The summed E-state index contributed by atoms with van der Waals surface area (Å²) in [5.41, 5.74) is 1.78. The summed E-state index contributed by atoms with van der Waals surface area (Å²) in [7, 11) is 0. The topological polar surface area (TPSA) is 69.6 Å². The molecule has 0 saturated carbocycles. The number of aliphatic carboxylic acids is 1. The number of carbonyl (C=O) groups is 2. The van der Waals surface area contributed by atoms with Gasteiger partial charge in [-0.3, -0.25) is 14.5 Å². The Morgan fingerprint density at radius 1 is 1.17 bits per heavy atom. The number of nitrogens with zero attached hydrogens (tertiary/aromatic N) is 1. The van der Waals surface area contributed by atoms with Crippen LogP contribution in [0.1, 0.15) is 48.5 Å². The molecule has 1 aliphatic rings. The van der Waals surface area contributed by atoms with Crippen LogP contribution in [0.15, 0.2) is 24.3 Å². The number of amides is 1. The van der Waals surface area contributed by atoms with Gasteiger partial charge in [0.15, 0.2) is 0 Å². The zero-order valence-electron chi connectivity index (χ0n) is 13.8. The van der Waals surface area contributed by atoms with Crippen molar-refractivity contribution < 1.29 is 14.7 Å². The third-order valence-electron chi connectivity index (χ3n) is 4.24. The van der Waals surface area contributed by atoms with E-state index in [4.69, 9.17) is 5.11 Å². The lowest BCUT2D eigenvalue weighted by atomic mass is 9.99. The van der Waals surface area contributed by atoms with Crippen LogP contribution in [0.3, 0.4) is 0 Å². The number of carboxylic acid groups (broad SMARTS) is 1. The van der Waals surface area contributed by atoms with Crippen molar-refractivity contribution in [2.45, 2.75) is 39.2 Å². The number of likely N-dealkylation sites (tertiary alicyclic amines) is 1. The summed E-state index contributed by atoms with van der Waals surface area (Å²) in [6.07, 6.45) is 4.59. The van der Waals surface area contributed by atoms with E-state index in [2.05, 4.69) is 17.1 Å². The van der Waals surface area contributed by atoms with Crippen LogP contribution in [0.5, 0.6) is 0 Å². The number of unbranched alkanes of at least 4 members (excludes halogenated alkanes) is 3. The molecule has 1 heterocycles. The van der Waals surface area contributed by atoms with Crippen LogP contribution in [-0.4, -0.2) is 41.5 Å². The lowest BCUT2D eigenvalue weighted by Crippen LogP contribution is -2.49. The maximum absolute atomic E-state index is 12.0. The molecule has 1 amide bonds. The highest BCUT2D eigenvalue weighted by Crippen LogP contribution is 2.19. The van der Waals surface area contributed by atoms with Gasteiger partial charge in [0.05, 0.1) is 5.92 Å². The predicted molar refractivity (Wildman–Crippen MR) is 89.3 cm³/mol. The van der Waals surface area contributed by atoms with Crippen LogP contribution in [-0.2, 0) is 11.3 Å². The van der Waals surface area contributed by atoms with Gasteiger partial charge in [-0.1, -0.05) is 38.3 Å². The molecule has 2 rings (SSSR count). The van der Waals surface area contributed by atoms with Gasteiger partial charge >= 0.3 is 5.97 Å². The Morgan fingerprint density at radius 2 is 1.87 bits per heavy atom. The van der Waals surface area contributed by atoms with Gasteiger partial charge in [0.1, 0.15) is 0 Å². The molecule has 0 spiro atoms. The molecule has 1 aromatic rings. The summed E-state index contributed by atoms with van der Waals surface area (Å²) in [5.74, 6) is -0.970. The molecule has 1 aliphatic heterocycles. The van der Waals surface area contributed by atoms with E-state index in [0.29, 0.717) is 18.7 Å². The van der Waals surface area contributed by atoms with Crippen molar-refractivity contribution in [1.82, 2.24) is 10.2 Å². The summed E-state index contributed by atoms with van der Waals surface area (Å²) in [6, 6.07) is 7.57. The Bertz CT molecular complexity index is 522. The van der Waals surface area contributed by atoms with E-state index in [-0.39, 0.29) is 11.8 Å². The number of benzene rings is 1. The smallest absolute Gasteiger partial charge is 0.309 e. The van der Waals surface area contributed by atoms with E-state index in [1.165, 1.54) is 12.8 Å². The third kappa shape index (κ3) is 5.36. The first-order chi connectivity index (χ1) is 11.1. The molecule has 1 saturated heterocycles. The third-order valence-corrected chi connectivity index (χ3v) is 4.24. The summed E-state index contributed by atoms with van der Waals surface area (Å²) >= 11 is 0. The molecular formula is C18H26N2O3. The van der Waals surface area contributed by atoms with Crippen LogP contribution < -0.4 is 5.32 Å². The minimum atomic E-state index is -0.716. The number of carbonyl (C=O) groups excluding carboxylic acids is 1. The quantitative estimate of drug-likeness (QED) is 0.686. The Kier molecular flexibility index (Phi) is 6.59. The van der Waals surface area contributed by atoms with Crippen molar-refractivity contribution >= 4 is 11.9 Å². The minimum absolute atomic E-state index is 0.0251. The van der Waals surface area contributed by atoms with Gasteiger partial charge in [-0.15, -0.1) is 0 Å². The number of hydrogen-bond acceptors (Lipinski definition) is 3. The van der Waals surface area contributed by atoms with Gasteiger partial charge in [0.25, 0.3) is 5.91 Å². The highest BCUT2D eigenvalue weighted by molar-refractivity contribution is 5.94. The lowest BCUT2D eigenvalue weighted by Gasteiger charge is -2.36. The maximum atomic E-state index is 12.0. The van der Waals surface area contributed by atoms with E-state index in [1.54, 1.807) is 0 Å². The number of hydrogen-bond donors (Lipinski definition) is 2. The van der Waals surface area contributed by atoms with E-state index in [0.717, 1.165) is 31.5 Å². The average molecular weight is 318 g/mol. The summed E-state index contributed by atoms with van der Waals surface area (Å²) < 4.78 is 0. The lowest BCUT2D eigenvalue weighted by molar-refractivity contribution is -0.147. The summed E-state index contributed by atoms with van der Waals surface area (Å²) in [6.45, 7) is 4.85. The van der Waals surface area contributed by atoms with Crippen molar-refractivity contribution in [1.29, 1.82) is 0 Å². The molecule has 1 fully saturated rings. The first-order valence-corrected chi connectivity index (χ1v) is 8.42. The predicted octanol–water partition coefficient (Wildman–Crippen LogP) is 2.51. The van der Waals surface area contributed by atoms with E-state index in [9.17, 15) is 9.59 Å². The number of rotatable bonds is 9. The SMILES string of the molecule is CCCCCCNC(=O)c1ccc(CN2CC(C(=O)O)C2)cc1. The van der Waals surface area contributed by atoms with Crippen LogP contribution in [0.2, 0.25) is 0 Å². The first kappa shape index (κ1) is 17.5. The zero-order chi connectivity index (χ0) is 16.7. The van der Waals surface area contributed by atoms with Crippen molar-refractivity contribution in [2.24, 2.45) is 5.92 Å². The van der Waals surface area contributed by atoms with Crippen LogP contribution in [0, 0.1) is 5.92 Å². The second-order valence-corrected chi connectivity index (χ2v) is 6.24. The van der Waals surface area contributed by atoms with Gasteiger partial charge in [-0.2, -0.15) is 0 Å². The molecular weight excluding hydrogens is 292 g/mol. The Labute approximate surface area is 137 Å². The van der Waals surface area contributed by atoms with E-state index in [1.807, 2.05) is 24.3 Å². The van der Waals surface area contributed by atoms with E-state index >= 15 is 0 Å². The van der Waals surface area contributed by atoms with Gasteiger partial charge < -0.3 is 10.4 Å². The second kappa shape index (κ2) is 8.67. The van der Waals surface area contributed by atoms with Crippen molar-refractivity contribution in [3.63, 3.8) is 0 Å². The molecule has 0 aromatic heterocycles. The molecule has 1 aromatic carbocycles.